The molecule has 6 heteroatoms. The van der Waals surface area contributed by atoms with Crippen LogP contribution >= 0.6 is 11.8 Å². The van der Waals surface area contributed by atoms with Crippen molar-refractivity contribution in [1.82, 2.24) is 4.90 Å². The molecule has 0 saturated carbocycles. The minimum atomic E-state index is -0.312. The van der Waals surface area contributed by atoms with E-state index in [2.05, 4.69) is 0 Å². The van der Waals surface area contributed by atoms with Crippen LogP contribution in [0.25, 0.3) is 6.08 Å². The van der Waals surface area contributed by atoms with Crippen molar-refractivity contribution >= 4 is 29.0 Å². The molecule has 1 fully saturated rings. The Labute approximate surface area is 155 Å². The third kappa shape index (κ3) is 4.14. The quantitative estimate of drug-likeness (QED) is 0.681. The topological polar surface area (TPSA) is 46.6 Å². The van der Waals surface area contributed by atoms with Crippen LogP contribution in [0.15, 0.2) is 53.4 Å². The second kappa shape index (κ2) is 8.19. The lowest BCUT2D eigenvalue weighted by Gasteiger charge is -2.09. The number of rotatable bonds is 6. The molecule has 0 N–H and O–H groups in total. The Kier molecular flexibility index (Phi) is 5.73. The highest BCUT2D eigenvalue weighted by atomic mass is 32.2. The summed E-state index contributed by atoms with van der Waals surface area (Å²) in [6.45, 7) is 2.46. The largest absolute Gasteiger partial charge is 0.489 e. The molecule has 134 valence electrons. The number of benzene rings is 2. The van der Waals surface area contributed by atoms with E-state index in [4.69, 9.17) is 4.74 Å². The number of carbonyl (C=O) groups is 2. The summed E-state index contributed by atoms with van der Waals surface area (Å²) < 4.78 is 19.3. The van der Waals surface area contributed by atoms with Crippen molar-refractivity contribution in [2.45, 2.75) is 20.0 Å². The number of carbonyl (C=O) groups excluding carboxylic acids is 2. The normalized spacial score (nSPS) is 15.8. The van der Waals surface area contributed by atoms with Gasteiger partial charge < -0.3 is 4.74 Å². The number of thioether (sulfide) groups is 1. The van der Waals surface area contributed by atoms with Gasteiger partial charge in [-0.1, -0.05) is 37.3 Å². The number of nitrogens with zero attached hydrogens (tertiary/aromatic N) is 1. The molecule has 1 aliphatic heterocycles. The van der Waals surface area contributed by atoms with Crippen LogP contribution in [0.1, 0.15) is 24.5 Å². The molecule has 2 aromatic rings. The number of hydrogen-bond acceptors (Lipinski definition) is 4. The molecule has 0 radical (unpaired) electrons. The predicted octanol–water partition coefficient (Wildman–Crippen LogP) is 4.85. The Morgan fingerprint density at radius 1 is 1.15 bits per heavy atom. The van der Waals surface area contributed by atoms with Crippen LogP contribution in [0.5, 0.6) is 5.75 Å². The van der Waals surface area contributed by atoms with Crippen molar-refractivity contribution in [3.05, 3.63) is 70.4 Å². The lowest BCUT2D eigenvalue weighted by molar-refractivity contribution is -0.122. The summed E-state index contributed by atoms with van der Waals surface area (Å²) >= 11 is 0.943. The van der Waals surface area contributed by atoms with E-state index >= 15 is 0 Å². The van der Waals surface area contributed by atoms with Crippen LogP contribution in [0.4, 0.5) is 9.18 Å². The van der Waals surface area contributed by atoms with E-state index in [0.717, 1.165) is 23.7 Å². The van der Waals surface area contributed by atoms with Gasteiger partial charge in [0.25, 0.3) is 11.1 Å². The molecule has 0 atom stereocenters. The molecular weight excluding hydrogens is 353 g/mol. The fourth-order valence-electron chi connectivity index (χ4n) is 2.54. The molecule has 4 nitrogen and oxygen atoms in total. The summed E-state index contributed by atoms with van der Waals surface area (Å²) in [6.07, 6.45) is 2.40. The first-order valence-corrected chi connectivity index (χ1v) is 9.11. The Hall–Kier alpha value is -2.60. The summed E-state index contributed by atoms with van der Waals surface area (Å²) in [5.41, 5.74) is 1.22. The molecule has 26 heavy (non-hydrogen) atoms. The molecule has 0 aliphatic carbocycles. The Bertz CT molecular complexity index is 866. The highest BCUT2D eigenvalue weighted by Crippen LogP contribution is 2.32. The van der Waals surface area contributed by atoms with Gasteiger partial charge in [0.2, 0.25) is 0 Å². The van der Waals surface area contributed by atoms with Crippen molar-refractivity contribution in [3.8, 4) is 5.75 Å². The highest BCUT2D eigenvalue weighted by molar-refractivity contribution is 8.18. The van der Waals surface area contributed by atoms with Crippen molar-refractivity contribution in [2.75, 3.05) is 6.54 Å². The monoisotopic (exact) mass is 371 g/mol. The van der Waals surface area contributed by atoms with Crippen molar-refractivity contribution in [2.24, 2.45) is 0 Å². The molecule has 2 aromatic carbocycles. The van der Waals surface area contributed by atoms with Gasteiger partial charge in [-0.05, 0) is 48.0 Å². The lowest BCUT2D eigenvalue weighted by atomic mass is 10.2. The Balaban J connectivity index is 1.72. The van der Waals surface area contributed by atoms with E-state index in [9.17, 15) is 14.0 Å². The second-order valence-electron chi connectivity index (χ2n) is 5.79. The number of ether oxygens (including phenoxy) is 1. The Morgan fingerprint density at radius 2 is 1.96 bits per heavy atom. The van der Waals surface area contributed by atoms with Crippen LogP contribution in [0, 0.1) is 5.82 Å². The van der Waals surface area contributed by atoms with Gasteiger partial charge in [0.15, 0.2) is 0 Å². The van der Waals surface area contributed by atoms with E-state index in [1.165, 1.54) is 11.0 Å². The standard InChI is InChI=1S/C20H18FNO3S/c1-2-10-22-19(23)18(26-20(22)24)12-14-6-5-8-16(11-14)25-13-15-7-3-4-9-17(15)21/h3-9,11-12H,2,10,13H2,1H3/b18-12+. The maximum Gasteiger partial charge on any atom is 0.293 e. The first kappa shape index (κ1) is 18.2. The van der Waals surface area contributed by atoms with E-state index in [-0.39, 0.29) is 23.6 Å². The number of amides is 2. The molecule has 3 rings (SSSR count). The maximum absolute atomic E-state index is 13.7. The molecule has 2 amide bonds. The fraction of sp³-hybridized carbons (Fsp3) is 0.200. The summed E-state index contributed by atoms with van der Waals surface area (Å²) in [7, 11) is 0. The van der Waals surface area contributed by atoms with Gasteiger partial charge in [0.1, 0.15) is 18.2 Å². The van der Waals surface area contributed by atoms with Crippen LogP contribution in [0.2, 0.25) is 0 Å². The molecule has 0 spiro atoms. The van der Waals surface area contributed by atoms with Gasteiger partial charge in [0, 0.05) is 12.1 Å². The van der Waals surface area contributed by atoms with Crippen molar-refractivity contribution < 1.29 is 18.7 Å². The first-order chi connectivity index (χ1) is 12.6. The van der Waals surface area contributed by atoms with Gasteiger partial charge in [-0.25, -0.2) is 4.39 Å². The van der Waals surface area contributed by atoms with Crippen LogP contribution in [0.3, 0.4) is 0 Å². The minimum Gasteiger partial charge on any atom is -0.489 e. The predicted molar refractivity (Wildman–Crippen MR) is 100 cm³/mol. The zero-order valence-corrected chi connectivity index (χ0v) is 15.1. The first-order valence-electron chi connectivity index (χ1n) is 8.30. The lowest BCUT2D eigenvalue weighted by Crippen LogP contribution is -2.28. The molecule has 0 aromatic heterocycles. The van der Waals surface area contributed by atoms with Gasteiger partial charge in [-0.2, -0.15) is 0 Å². The SMILES string of the molecule is CCCN1C(=O)S/C(=C/c2cccc(OCc3ccccc3F)c2)C1=O. The summed E-state index contributed by atoms with van der Waals surface area (Å²) in [6, 6.07) is 13.6. The van der Waals surface area contributed by atoms with E-state index in [0.29, 0.717) is 22.8 Å². The zero-order valence-electron chi connectivity index (χ0n) is 14.3. The summed E-state index contributed by atoms with van der Waals surface area (Å²) in [4.78, 5) is 25.8. The molecule has 0 unspecified atom stereocenters. The van der Waals surface area contributed by atoms with Crippen LogP contribution < -0.4 is 4.74 Å². The van der Waals surface area contributed by atoms with Gasteiger partial charge in [-0.15, -0.1) is 0 Å². The molecular formula is C20H18FNO3S. The smallest absolute Gasteiger partial charge is 0.293 e. The zero-order chi connectivity index (χ0) is 18.5. The fourth-order valence-corrected chi connectivity index (χ4v) is 3.40. The van der Waals surface area contributed by atoms with Crippen LogP contribution in [-0.2, 0) is 11.4 Å². The van der Waals surface area contributed by atoms with Gasteiger partial charge in [0.05, 0.1) is 4.91 Å². The average molecular weight is 371 g/mol. The van der Waals surface area contributed by atoms with E-state index in [1.807, 2.05) is 13.0 Å². The van der Waals surface area contributed by atoms with E-state index in [1.54, 1.807) is 42.5 Å². The van der Waals surface area contributed by atoms with Gasteiger partial charge in [-0.3, -0.25) is 14.5 Å². The third-order valence-corrected chi connectivity index (χ3v) is 4.74. The van der Waals surface area contributed by atoms with E-state index < -0.39 is 0 Å². The number of imide groups is 1. The highest BCUT2D eigenvalue weighted by Gasteiger charge is 2.34. The third-order valence-electron chi connectivity index (χ3n) is 3.83. The molecule has 0 bridgehead atoms. The summed E-state index contributed by atoms with van der Waals surface area (Å²) in [5, 5.41) is -0.241. The number of halogens is 1. The van der Waals surface area contributed by atoms with Crippen LogP contribution in [-0.4, -0.2) is 22.6 Å². The van der Waals surface area contributed by atoms with Crippen molar-refractivity contribution in [1.29, 1.82) is 0 Å². The van der Waals surface area contributed by atoms with Gasteiger partial charge >= 0.3 is 0 Å². The average Bonchev–Trinajstić information content (AvgIpc) is 2.89. The maximum atomic E-state index is 13.7. The second-order valence-corrected chi connectivity index (χ2v) is 6.78. The van der Waals surface area contributed by atoms with Crippen molar-refractivity contribution in [3.63, 3.8) is 0 Å². The number of hydrogen-bond donors (Lipinski definition) is 0. The molecule has 1 aliphatic rings. The molecule has 1 heterocycles. The Morgan fingerprint density at radius 3 is 2.73 bits per heavy atom. The minimum absolute atomic E-state index is 0.114. The summed E-state index contributed by atoms with van der Waals surface area (Å²) in [5.74, 6) is -0.0115. The molecule has 1 saturated heterocycles.